The molecule has 0 aliphatic carbocycles. The number of halogens is 2. The highest BCUT2D eigenvalue weighted by molar-refractivity contribution is 6.30. The Kier molecular flexibility index (Phi) is 4.55. The van der Waals surface area contributed by atoms with Gasteiger partial charge < -0.3 is 11.1 Å². The fraction of sp³-hybridized carbons (Fsp3) is 0.0667. The second kappa shape index (κ2) is 6.37. The third kappa shape index (κ3) is 3.79. The molecule has 108 valence electrons. The summed E-state index contributed by atoms with van der Waals surface area (Å²) in [4.78, 5) is 22.8. The Labute approximate surface area is 125 Å². The molecule has 0 saturated heterocycles. The number of hydrogen-bond donors (Lipinski definition) is 2. The van der Waals surface area contributed by atoms with Crippen LogP contribution in [-0.4, -0.2) is 11.8 Å². The molecule has 2 rings (SSSR count). The molecule has 0 atom stereocenters. The maximum absolute atomic E-state index is 13.6. The van der Waals surface area contributed by atoms with Gasteiger partial charge >= 0.3 is 0 Å². The lowest BCUT2D eigenvalue weighted by Crippen LogP contribution is -2.23. The van der Waals surface area contributed by atoms with Crippen molar-refractivity contribution < 1.29 is 14.0 Å². The second-order valence-corrected chi connectivity index (χ2v) is 4.80. The van der Waals surface area contributed by atoms with Crippen LogP contribution >= 0.6 is 11.6 Å². The van der Waals surface area contributed by atoms with Gasteiger partial charge in [-0.15, -0.1) is 0 Å². The molecule has 0 fully saturated rings. The number of benzene rings is 2. The number of primary amides is 1. The summed E-state index contributed by atoms with van der Waals surface area (Å²) in [5, 5.41) is 2.81. The number of nitrogens with two attached hydrogens (primary N) is 1. The Hall–Kier alpha value is -2.40. The van der Waals surface area contributed by atoms with Gasteiger partial charge in [-0.1, -0.05) is 23.7 Å². The lowest BCUT2D eigenvalue weighted by atomic mass is 10.1. The standard InChI is InChI=1S/C15H12ClFN2O2/c16-11-5-6-12(13(17)7-11)15(21)19-8-9-1-3-10(4-2-9)14(18)20/h1-7H,8H2,(H2,18,20)(H,19,21). The van der Waals surface area contributed by atoms with E-state index in [4.69, 9.17) is 17.3 Å². The lowest BCUT2D eigenvalue weighted by Gasteiger charge is -2.07. The van der Waals surface area contributed by atoms with E-state index in [0.29, 0.717) is 5.56 Å². The molecule has 4 nitrogen and oxygen atoms in total. The summed E-state index contributed by atoms with van der Waals surface area (Å²) in [5.41, 5.74) is 6.20. The lowest BCUT2D eigenvalue weighted by molar-refractivity contribution is 0.0945. The summed E-state index contributed by atoms with van der Waals surface area (Å²) in [6, 6.07) is 10.3. The van der Waals surface area contributed by atoms with E-state index in [2.05, 4.69) is 5.32 Å². The van der Waals surface area contributed by atoms with E-state index < -0.39 is 17.6 Å². The van der Waals surface area contributed by atoms with Crippen LogP contribution in [0.5, 0.6) is 0 Å². The summed E-state index contributed by atoms with van der Waals surface area (Å²) < 4.78 is 13.6. The molecule has 0 aromatic heterocycles. The molecule has 2 amide bonds. The van der Waals surface area contributed by atoms with Gasteiger partial charge in [0.05, 0.1) is 5.56 Å². The fourth-order valence-corrected chi connectivity index (χ4v) is 1.90. The molecule has 0 unspecified atom stereocenters. The maximum atomic E-state index is 13.6. The van der Waals surface area contributed by atoms with Gasteiger partial charge in [0.25, 0.3) is 5.91 Å². The van der Waals surface area contributed by atoms with Crippen LogP contribution in [0.25, 0.3) is 0 Å². The predicted octanol–water partition coefficient (Wildman–Crippen LogP) is 2.51. The maximum Gasteiger partial charge on any atom is 0.254 e. The molecule has 0 aliphatic heterocycles. The molecule has 21 heavy (non-hydrogen) atoms. The zero-order valence-corrected chi connectivity index (χ0v) is 11.7. The second-order valence-electron chi connectivity index (χ2n) is 4.37. The average Bonchev–Trinajstić information content (AvgIpc) is 2.45. The van der Waals surface area contributed by atoms with Gasteiger partial charge in [0, 0.05) is 17.1 Å². The molecule has 0 saturated carbocycles. The summed E-state index contributed by atoms with van der Waals surface area (Å²) in [6.07, 6.45) is 0. The van der Waals surface area contributed by atoms with E-state index in [-0.39, 0.29) is 17.1 Å². The highest BCUT2D eigenvalue weighted by atomic mass is 35.5. The van der Waals surface area contributed by atoms with Crippen molar-refractivity contribution in [2.24, 2.45) is 5.73 Å². The molecule has 0 aliphatic rings. The molecule has 2 aromatic carbocycles. The zero-order chi connectivity index (χ0) is 15.4. The minimum atomic E-state index is -0.677. The topological polar surface area (TPSA) is 72.2 Å². The highest BCUT2D eigenvalue weighted by Gasteiger charge is 2.11. The van der Waals surface area contributed by atoms with Crippen molar-refractivity contribution in [2.75, 3.05) is 0 Å². The molecule has 0 spiro atoms. The van der Waals surface area contributed by atoms with Gasteiger partial charge in [-0.05, 0) is 35.9 Å². The first-order valence-corrected chi connectivity index (χ1v) is 6.47. The van der Waals surface area contributed by atoms with Crippen LogP contribution in [0.2, 0.25) is 5.02 Å². The van der Waals surface area contributed by atoms with Gasteiger partial charge in [0.1, 0.15) is 5.82 Å². The van der Waals surface area contributed by atoms with Crippen LogP contribution in [0.4, 0.5) is 4.39 Å². The summed E-state index contributed by atoms with van der Waals surface area (Å²) in [6.45, 7) is 0.208. The average molecular weight is 307 g/mol. The minimum absolute atomic E-state index is 0.0758. The molecule has 2 aromatic rings. The normalized spacial score (nSPS) is 10.2. The largest absolute Gasteiger partial charge is 0.366 e. The third-order valence-electron chi connectivity index (χ3n) is 2.87. The van der Waals surface area contributed by atoms with E-state index >= 15 is 0 Å². The summed E-state index contributed by atoms with van der Waals surface area (Å²) in [5.74, 6) is -1.74. The van der Waals surface area contributed by atoms with E-state index in [1.807, 2.05) is 0 Å². The van der Waals surface area contributed by atoms with Crippen LogP contribution in [-0.2, 0) is 6.54 Å². The molecular weight excluding hydrogens is 295 g/mol. The van der Waals surface area contributed by atoms with E-state index in [1.54, 1.807) is 24.3 Å². The Morgan fingerprint density at radius 2 is 1.81 bits per heavy atom. The number of carbonyl (C=O) groups is 2. The Morgan fingerprint density at radius 1 is 1.14 bits per heavy atom. The molecule has 3 N–H and O–H groups in total. The first-order chi connectivity index (χ1) is 9.97. The van der Waals surface area contributed by atoms with Crippen molar-refractivity contribution in [3.8, 4) is 0 Å². The van der Waals surface area contributed by atoms with Crippen LogP contribution in [0.1, 0.15) is 26.3 Å². The van der Waals surface area contributed by atoms with Crippen molar-refractivity contribution in [1.29, 1.82) is 0 Å². The summed E-state index contributed by atoms with van der Waals surface area (Å²) >= 11 is 5.63. The molecule has 0 bridgehead atoms. The zero-order valence-electron chi connectivity index (χ0n) is 10.9. The van der Waals surface area contributed by atoms with Crippen LogP contribution in [0.3, 0.4) is 0 Å². The monoisotopic (exact) mass is 306 g/mol. The van der Waals surface area contributed by atoms with Crippen molar-refractivity contribution in [3.05, 3.63) is 70.0 Å². The van der Waals surface area contributed by atoms with E-state index in [0.717, 1.165) is 11.6 Å². The fourth-order valence-electron chi connectivity index (χ4n) is 1.74. The number of carbonyl (C=O) groups excluding carboxylic acids is 2. The number of rotatable bonds is 4. The van der Waals surface area contributed by atoms with Gasteiger partial charge in [0.2, 0.25) is 5.91 Å². The van der Waals surface area contributed by atoms with Gasteiger partial charge in [-0.2, -0.15) is 0 Å². The molecule has 6 heteroatoms. The Morgan fingerprint density at radius 3 is 2.38 bits per heavy atom. The van der Waals surface area contributed by atoms with Crippen LogP contribution < -0.4 is 11.1 Å². The first-order valence-electron chi connectivity index (χ1n) is 6.09. The Balaban J connectivity index is 2.02. The predicted molar refractivity (Wildman–Crippen MR) is 77.5 cm³/mol. The smallest absolute Gasteiger partial charge is 0.254 e. The quantitative estimate of drug-likeness (QED) is 0.911. The van der Waals surface area contributed by atoms with E-state index in [1.165, 1.54) is 12.1 Å². The van der Waals surface area contributed by atoms with E-state index in [9.17, 15) is 14.0 Å². The summed E-state index contributed by atoms with van der Waals surface area (Å²) in [7, 11) is 0. The first kappa shape index (κ1) is 15.0. The molecule has 0 radical (unpaired) electrons. The molecular formula is C15H12ClFN2O2. The van der Waals surface area contributed by atoms with Crippen molar-refractivity contribution >= 4 is 23.4 Å². The van der Waals surface area contributed by atoms with Crippen LogP contribution in [0.15, 0.2) is 42.5 Å². The molecule has 0 heterocycles. The van der Waals surface area contributed by atoms with Crippen molar-refractivity contribution in [1.82, 2.24) is 5.32 Å². The third-order valence-corrected chi connectivity index (χ3v) is 3.10. The highest BCUT2D eigenvalue weighted by Crippen LogP contribution is 2.14. The SMILES string of the molecule is NC(=O)c1ccc(CNC(=O)c2ccc(Cl)cc2F)cc1. The van der Waals surface area contributed by atoms with Crippen molar-refractivity contribution in [2.45, 2.75) is 6.54 Å². The van der Waals surface area contributed by atoms with Crippen molar-refractivity contribution in [3.63, 3.8) is 0 Å². The number of nitrogens with one attached hydrogen (secondary N) is 1. The van der Waals surface area contributed by atoms with Crippen LogP contribution in [0, 0.1) is 5.82 Å². The van der Waals surface area contributed by atoms with Gasteiger partial charge in [-0.3, -0.25) is 9.59 Å². The number of hydrogen-bond acceptors (Lipinski definition) is 2. The number of amides is 2. The van der Waals surface area contributed by atoms with Gasteiger partial charge in [-0.25, -0.2) is 4.39 Å². The minimum Gasteiger partial charge on any atom is -0.366 e. The van der Waals surface area contributed by atoms with Gasteiger partial charge in [0.15, 0.2) is 0 Å². The Bertz CT molecular complexity index is 687.